The molecule has 0 amide bonds. The minimum atomic E-state index is -0.933. The highest BCUT2D eigenvalue weighted by Gasteiger charge is 2.12. The molecule has 1 N–H and O–H groups in total. The Hall–Kier alpha value is -1.59. The number of carboxylic acid groups (broad SMARTS) is 1. The molecule has 3 nitrogen and oxygen atoms in total. The molecule has 0 atom stereocenters. The Labute approximate surface area is 129 Å². The number of thiophene rings is 1. The molecule has 1 aromatic carbocycles. The van der Waals surface area contributed by atoms with Crippen molar-refractivity contribution < 1.29 is 14.6 Å². The summed E-state index contributed by atoms with van der Waals surface area (Å²) >= 11 is 4.83. The first kappa shape index (κ1) is 14.8. The molecular formula is C15H13BrO3S. The largest absolute Gasteiger partial charge is 0.493 e. The van der Waals surface area contributed by atoms with Gasteiger partial charge in [0.2, 0.25) is 0 Å². The number of benzene rings is 1. The van der Waals surface area contributed by atoms with Crippen molar-refractivity contribution in [2.45, 2.75) is 6.92 Å². The van der Waals surface area contributed by atoms with Crippen LogP contribution >= 0.6 is 27.3 Å². The predicted octanol–water partition coefficient (Wildman–Crippen LogP) is 4.53. The fourth-order valence-corrected chi connectivity index (χ4v) is 2.96. The van der Waals surface area contributed by atoms with Crippen LogP contribution in [0.3, 0.4) is 0 Å². The van der Waals surface area contributed by atoms with Gasteiger partial charge < -0.3 is 9.84 Å². The van der Waals surface area contributed by atoms with Crippen LogP contribution in [0.2, 0.25) is 0 Å². The van der Waals surface area contributed by atoms with E-state index >= 15 is 0 Å². The van der Waals surface area contributed by atoms with Crippen molar-refractivity contribution in [3.8, 4) is 5.75 Å². The highest BCUT2D eigenvalue weighted by atomic mass is 79.9. The number of hydrogen-bond acceptors (Lipinski definition) is 3. The molecule has 0 radical (unpaired) electrons. The Morgan fingerprint density at radius 1 is 1.45 bits per heavy atom. The van der Waals surface area contributed by atoms with Gasteiger partial charge >= 0.3 is 5.97 Å². The Morgan fingerprint density at radius 2 is 2.25 bits per heavy atom. The molecule has 20 heavy (non-hydrogen) atoms. The van der Waals surface area contributed by atoms with E-state index in [1.165, 1.54) is 11.3 Å². The van der Waals surface area contributed by atoms with Gasteiger partial charge in [0.25, 0.3) is 0 Å². The molecule has 0 bridgehead atoms. The van der Waals surface area contributed by atoms with Gasteiger partial charge in [0.1, 0.15) is 5.75 Å². The van der Waals surface area contributed by atoms with Crippen molar-refractivity contribution in [3.63, 3.8) is 0 Å². The lowest BCUT2D eigenvalue weighted by atomic mass is 10.1. The molecule has 1 aromatic heterocycles. The summed E-state index contributed by atoms with van der Waals surface area (Å²) in [7, 11) is 0. The van der Waals surface area contributed by atoms with Crippen LogP contribution in [0.15, 0.2) is 40.2 Å². The number of rotatable bonds is 5. The minimum Gasteiger partial charge on any atom is -0.493 e. The lowest BCUT2D eigenvalue weighted by Crippen LogP contribution is -1.98. The first-order valence-electron chi connectivity index (χ1n) is 6.03. The average Bonchev–Trinajstić information content (AvgIpc) is 2.92. The van der Waals surface area contributed by atoms with Gasteiger partial charge in [0, 0.05) is 4.88 Å². The Morgan fingerprint density at radius 3 is 2.80 bits per heavy atom. The highest BCUT2D eigenvalue weighted by molar-refractivity contribution is 9.10. The Balaban J connectivity index is 2.37. The van der Waals surface area contributed by atoms with Crippen LogP contribution in [-0.4, -0.2) is 17.7 Å². The standard InChI is InChI=1S/C15H13BrO3S/c1-2-19-13-6-5-10(9-12(13)16)8-11(15(17)18)14-4-3-7-20-14/h3-9H,2H2,1H3,(H,17,18)/b11-8-. The molecule has 0 saturated carbocycles. The second-order valence-electron chi connectivity index (χ2n) is 3.96. The number of halogens is 1. The van der Waals surface area contributed by atoms with E-state index in [9.17, 15) is 9.90 Å². The number of carbonyl (C=O) groups is 1. The maximum atomic E-state index is 11.4. The molecule has 104 valence electrons. The molecule has 0 spiro atoms. The second kappa shape index (κ2) is 6.72. The van der Waals surface area contributed by atoms with Crippen molar-refractivity contribution in [3.05, 3.63) is 50.6 Å². The number of hydrogen-bond donors (Lipinski definition) is 1. The summed E-state index contributed by atoms with van der Waals surface area (Å²) in [6, 6.07) is 9.15. The number of ether oxygens (including phenoxy) is 1. The summed E-state index contributed by atoms with van der Waals surface area (Å²) in [5.74, 6) is -0.185. The molecule has 5 heteroatoms. The van der Waals surface area contributed by atoms with E-state index in [0.29, 0.717) is 6.61 Å². The maximum Gasteiger partial charge on any atom is 0.337 e. The molecule has 2 rings (SSSR count). The summed E-state index contributed by atoms with van der Waals surface area (Å²) in [6.45, 7) is 2.50. The molecule has 2 aromatic rings. The van der Waals surface area contributed by atoms with Gasteiger partial charge in [-0.15, -0.1) is 11.3 Å². The quantitative estimate of drug-likeness (QED) is 0.803. The molecule has 0 saturated heterocycles. The van der Waals surface area contributed by atoms with E-state index in [0.717, 1.165) is 20.7 Å². The number of carboxylic acids is 1. The maximum absolute atomic E-state index is 11.4. The molecule has 0 unspecified atom stereocenters. The van der Waals surface area contributed by atoms with Gasteiger partial charge in [0.15, 0.2) is 0 Å². The summed E-state index contributed by atoms with van der Waals surface area (Å²) in [6.07, 6.45) is 1.66. The molecule has 0 aliphatic carbocycles. The van der Waals surface area contributed by atoms with Gasteiger partial charge in [0.05, 0.1) is 16.7 Å². The molecule has 1 heterocycles. The third-order valence-corrected chi connectivity index (χ3v) is 4.11. The third kappa shape index (κ3) is 3.49. The molecule has 0 fully saturated rings. The van der Waals surface area contributed by atoms with E-state index in [-0.39, 0.29) is 5.57 Å². The van der Waals surface area contributed by atoms with Crippen molar-refractivity contribution in [2.24, 2.45) is 0 Å². The zero-order valence-corrected chi connectivity index (χ0v) is 13.2. The van der Waals surface area contributed by atoms with Crippen LogP contribution < -0.4 is 4.74 Å². The topological polar surface area (TPSA) is 46.5 Å². The van der Waals surface area contributed by atoms with Crippen LogP contribution in [0.1, 0.15) is 17.4 Å². The summed E-state index contributed by atoms with van der Waals surface area (Å²) < 4.78 is 6.24. The SMILES string of the molecule is CCOc1ccc(/C=C(\C(=O)O)c2cccs2)cc1Br. The van der Waals surface area contributed by atoms with E-state index in [1.54, 1.807) is 12.1 Å². The second-order valence-corrected chi connectivity index (χ2v) is 5.77. The molecule has 0 aliphatic rings. The van der Waals surface area contributed by atoms with Gasteiger partial charge in [-0.3, -0.25) is 0 Å². The highest BCUT2D eigenvalue weighted by Crippen LogP contribution is 2.29. The van der Waals surface area contributed by atoms with Gasteiger partial charge in [-0.05, 0) is 58.1 Å². The molecular weight excluding hydrogens is 340 g/mol. The fraction of sp³-hybridized carbons (Fsp3) is 0.133. The third-order valence-electron chi connectivity index (χ3n) is 2.58. The lowest BCUT2D eigenvalue weighted by Gasteiger charge is -2.06. The van der Waals surface area contributed by atoms with Gasteiger partial charge in [-0.1, -0.05) is 12.1 Å². The lowest BCUT2D eigenvalue weighted by molar-refractivity contribution is -0.130. The number of aliphatic carboxylic acids is 1. The summed E-state index contributed by atoms with van der Waals surface area (Å²) in [5.41, 5.74) is 1.10. The van der Waals surface area contributed by atoms with Crippen LogP contribution in [0.4, 0.5) is 0 Å². The van der Waals surface area contributed by atoms with Crippen molar-refractivity contribution in [1.29, 1.82) is 0 Å². The van der Waals surface area contributed by atoms with E-state index in [4.69, 9.17) is 4.74 Å². The first-order chi connectivity index (χ1) is 9.61. The smallest absolute Gasteiger partial charge is 0.337 e. The van der Waals surface area contributed by atoms with Crippen LogP contribution in [0.25, 0.3) is 11.6 Å². The fourth-order valence-electron chi connectivity index (χ4n) is 1.72. The Kier molecular flexibility index (Phi) is 4.98. The zero-order valence-electron chi connectivity index (χ0n) is 10.8. The van der Waals surface area contributed by atoms with Crippen LogP contribution in [-0.2, 0) is 4.79 Å². The summed E-state index contributed by atoms with van der Waals surface area (Å²) in [5, 5.41) is 11.2. The summed E-state index contributed by atoms with van der Waals surface area (Å²) in [4.78, 5) is 12.1. The van der Waals surface area contributed by atoms with Gasteiger partial charge in [-0.2, -0.15) is 0 Å². The Bertz CT molecular complexity index is 633. The average molecular weight is 353 g/mol. The van der Waals surface area contributed by atoms with E-state index in [1.807, 2.05) is 36.6 Å². The van der Waals surface area contributed by atoms with E-state index < -0.39 is 5.97 Å². The van der Waals surface area contributed by atoms with Crippen molar-refractivity contribution >= 4 is 44.9 Å². The van der Waals surface area contributed by atoms with E-state index in [2.05, 4.69) is 15.9 Å². The minimum absolute atomic E-state index is 0.288. The monoisotopic (exact) mass is 352 g/mol. The van der Waals surface area contributed by atoms with Crippen LogP contribution in [0.5, 0.6) is 5.75 Å². The van der Waals surface area contributed by atoms with Gasteiger partial charge in [-0.25, -0.2) is 4.79 Å². The first-order valence-corrected chi connectivity index (χ1v) is 7.70. The zero-order chi connectivity index (χ0) is 14.5. The van der Waals surface area contributed by atoms with Crippen LogP contribution in [0, 0.1) is 0 Å². The normalized spacial score (nSPS) is 11.4. The van der Waals surface area contributed by atoms with Crippen molar-refractivity contribution in [2.75, 3.05) is 6.61 Å². The van der Waals surface area contributed by atoms with Crippen molar-refractivity contribution in [1.82, 2.24) is 0 Å². The molecule has 0 aliphatic heterocycles. The predicted molar refractivity (Wildman–Crippen MR) is 85.1 cm³/mol.